The van der Waals surface area contributed by atoms with E-state index in [1.807, 2.05) is 6.21 Å². The van der Waals surface area contributed by atoms with Gasteiger partial charge in [0, 0.05) is 18.3 Å². The van der Waals surface area contributed by atoms with Crippen LogP contribution in [0.2, 0.25) is 0 Å². The van der Waals surface area contributed by atoms with Crippen molar-refractivity contribution in [2.75, 3.05) is 0 Å². The standard InChI is InChI=1S/C9H12N2/c1-9(2,3)8-6-10-4-5-11-7-8/h4,6-7H,1-3H3. The molecule has 0 spiro atoms. The highest BCUT2D eigenvalue weighted by atomic mass is 14.7. The van der Waals surface area contributed by atoms with Crippen molar-refractivity contribution in [1.82, 2.24) is 0 Å². The monoisotopic (exact) mass is 148 g/mol. The minimum absolute atomic E-state index is 0.118. The van der Waals surface area contributed by atoms with E-state index in [-0.39, 0.29) is 5.41 Å². The van der Waals surface area contributed by atoms with E-state index in [4.69, 9.17) is 0 Å². The van der Waals surface area contributed by atoms with Gasteiger partial charge in [-0.2, -0.15) is 0 Å². The molecule has 0 fully saturated rings. The van der Waals surface area contributed by atoms with E-state index in [0.29, 0.717) is 0 Å². The Morgan fingerprint density at radius 3 is 2.73 bits per heavy atom. The lowest BCUT2D eigenvalue weighted by Crippen LogP contribution is -2.09. The number of allylic oxidation sites excluding steroid dienone is 1. The van der Waals surface area contributed by atoms with Gasteiger partial charge >= 0.3 is 0 Å². The molecule has 1 rings (SSSR count). The first-order valence-corrected chi connectivity index (χ1v) is 3.61. The van der Waals surface area contributed by atoms with E-state index in [1.165, 1.54) is 0 Å². The van der Waals surface area contributed by atoms with Crippen molar-refractivity contribution in [3.8, 4) is 0 Å². The lowest BCUT2D eigenvalue weighted by Gasteiger charge is -2.17. The third-order valence-corrected chi connectivity index (χ3v) is 1.49. The molecule has 1 aliphatic rings. The van der Waals surface area contributed by atoms with Crippen LogP contribution in [0, 0.1) is 5.41 Å². The van der Waals surface area contributed by atoms with Crippen molar-refractivity contribution in [1.29, 1.82) is 0 Å². The first-order chi connectivity index (χ1) is 5.11. The Kier molecular flexibility index (Phi) is 2.06. The second kappa shape index (κ2) is 2.85. The van der Waals surface area contributed by atoms with Crippen molar-refractivity contribution in [2.45, 2.75) is 20.8 Å². The number of hydrogen-bond acceptors (Lipinski definition) is 2. The van der Waals surface area contributed by atoms with Crippen molar-refractivity contribution < 1.29 is 0 Å². The molecule has 0 unspecified atom stereocenters. The van der Waals surface area contributed by atoms with Gasteiger partial charge in [0.25, 0.3) is 0 Å². The third-order valence-electron chi connectivity index (χ3n) is 1.49. The zero-order valence-electron chi connectivity index (χ0n) is 7.13. The van der Waals surface area contributed by atoms with Crippen molar-refractivity contribution in [3.05, 3.63) is 18.0 Å². The number of nitrogens with zero attached hydrogens (tertiary/aromatic N) is 2. The van der Waals surface area contributed by atoms with Crippen LogP contribution in [0.15, 0.2) is 28.0 Å². The van der Waals surface area contributed by atoms with Gasteiger partial charge in [0.1, 0.15) is 0 Å². The molecule has 0 aromatic carbocycles. The Balaban J connectivity index is 2.93. The summed E-state index contributed by atoms with van der Waals surface area (Å²) in [6.45, 7) is 6.39. The average molecular weight is 148 g/mol. The summed E-state index contributed by atoms with van der Waals surface area (Å²) in [6, 6.07) is 0. The van der Waals surface area contributed by atoms with Crippen molar-refractivity contribution >= 4 is 12.1 Å². The highest BCUT2D eigenvalue weighted by molar-refractivity contribution is 5.82. The molecule has 0 amide bonds. The molecule has 11 heavy (non-hydrogen) atoms. The Hall–Kier alpha value is -1.14. The molecule has 58 valence electrons. The van der Waals surface area contributed by atoms with Crippen molar-refractivity contribution in [2.24, 2.45) is 15.4 Å². The van der Waals surface area contributed by atoms with Crippen LogP contribution >= 0.6 is 0 Å². The smallest absolute Gasteiger partial charge is 0.0881 e. The van der Waals surface area contributed by atoms with E-state index in [0.717, 1.165) is 5.57 Å². The fourth-order valence-corrected chi connectivity index (χ4v) is 0.712. The maximum Gasteiger partial charge on any atom is 0.0881 e. The molecular formula is C9H12N2. The Labute approximate surface area is 67.1 Å². The van der Waals surface area contributed by atoms with Gasteiger partial charge in [0.05, 0.1) is 6.20 Å². The molecule has 0 N–H and O–H groups in total. The number of aliphatic imine (C=N–C) groups is 2. The first kappa shape index (κ1) is 7.96. The summed E-state index contributed by atoms with van der Waals surface area (Å²) < 4.78 is 0. The summed E-state index contributed by atoms with van der Waals surface area (Å²) in [5.41, 5.74) is 1.24. The Morgan fingerprint density at radius 2 is 2.09 bits per heavy atom. The average Bonchev–Trinajstić information content (AvgIpc) is 2.10. The largest absolute Gasteiger partial charge is 0.254 e. The van der Waals surface area contributed by atoms with E-state index < -0.39 is 0 Å². The zero-order valence-corrected chi connectivity index (χ0v) is 7.13. The van der Waals surface area contributed by atoms with Gasteiger partial charge in [-0.05, 0) is 11.0 Å². The van der Waals surface area contributed by atoms with Gasteiger partial charge in [-0.3, -0.25) is 4.99 Å². The van der Waals surface area contributed by atoms with E-state index >= 15 is 0 Å². The van der Waals surface area contributed by atoms with Crippen LogP contribution in [0.4, 0.5) is 0 Å². The lowest BCUT2D eigenvalue weighted by molar-refractivity contribution is 0.525. The van der Waals surface area contributed by atoms with Gasteiger partial charge in [-0.1, -0.05) is 20.8 Å². The molecule has 0 radical (unpaired) electrons. The minimum Gasteiger partial charge on any atom is -0.254 e. The zero-order chi connectivity index (χ0) is 8.32. The summed E-state index contributed by atoms with van der Waals surface area (Å²) in [6.07, 6.45) is 5.19. The van der Waals surface area contributed by atoms with Crippen LogP contribution in [0.5, 0.6) is 0 Å². The summed E-state index contributed by atoms with van der Waals surface area (Å²) >= 11 is 0. The van der Waals surface area contributed by atoms with Gasteiger partial charge in [-0.25, -0.2) is 4.99 Å². The SMILES string of the molecule is CC(C)(C)C1=CN=C=CN=C1. The fourth-order valence-electron chi connectivity index (χ4n) is 0.712. The topological polar surface area (TPSA) is 24.7 Å². The molecule has 0 saturated carbocycles. The molecular weight excluding hydrogens is 136 g/mol. The molecule has 0 aromatic heterocycles. The second-order valence-electron chi connectivity index (χ2n) is 3.50. The highest BCUT2D eigenvalue weighted by Gasteiger charge is 2.14. The van der Waals surface area contributed by atoms with Gasteiger partial charge in [0.15, 0.2) is 0 Å². The predicted molar refractivity (Wildman–Crippen MR) is 48.0 cm³/mol. The maximum absolute atomic E-state index is 4.00. The van der Waals surface area contributed by atoms with Gasteiger partial charge in [-0.15, -0.1) is 0 Å². The van der Waals surface area contributed by atoms with E-state index in [1.54, 1.807) is 12.4 Å². The van der Waals surface area contributed by atoms with E-state index in [9.17, 15) is 0 Å². The molecule has 0 atom stereocenters. The Morgan fingerprint density at radius 1 is 1.36 bits per heavy atom. The van der Waals surface area contributed by atoms with Crippen LogP contribution in [0.1, 0.15) is 20.8 Å². The molecule has 1 heterocycles. The molecule has 0 saturated heterocycles. The molecule has 0 aliphatic carbocycles. The summed E-state index contributed by atoms with van der Waals surface area (Å²) in [5, 5.41) is 0. The van der Waals surface area contributed by atoms with Crippen LogP contribution in [0.3, 0.4) is 0 Å². The first-order valence-electron chi connectivity index (χ1n) is 3.61. The lowest BCUT2D eigenvalue weighted by atomic mass is 9.88. The second-order valence-corrected chi connectivity index (χ2v) is 3.50. The van der Waals surface area contributed by atoms with Crippen LogP contribution in [0.25, 0.3) is 0 Å². The van der Waals surface area contributed by atoms with E-state index in [2.05, 4.69) is 36.6 Å². The molecule has 0 bridgehead atoms. The van der Waals surface area contributed by atoms with Crippen LogP contribution < -0.4 is 0 Å². The number of hydrogen-bond donors (Lipinski definition) is 0. The molecule has 1 aliphatic heterocycles. The Bertz CT molecular complexity index is 258. The third kappa shape index (κ3) is 2.17. The maximum atomic E-state index is 4.00. The summed E-state index contributed by atoms with van der Waals surface area (Å²) in [7, 11) is 0. The minimum atomic E-state index is 0.118. The predicted octanol–water partition coefficient (Wildman–Crippen LogP) is 2.18. The summed E-state index contributed by atoms with van der Waals surface area (Å²) in [5.74, 6) is 2.68. The highest BCUT2D eigenvalue weighted by Crippen LogP contribution is 2.23. The van der Waals surface area contributed by atoms with Gasteiger partial charge < -0.3 is 0 Å². The molecule has 2 heteroatoms. The fraction of sp³-hybridized carbons (Fsp3) is 0.444. The molecule has 2 nitrogen and oxygen atoms in total. The van der Waals surface area contributed by atoms with Crippen LogP contribution in [-0.2, 0) is 0 Å². The molecule has 0 aromatic rings. The quantitative estimate of drug-likeness (QED) is 0.503. The van der Waals surface area contributed by atoms with Crippen molar-refractivity contribution in [3.63, 3.8) is 0 Å². The van der Waals surface area contributed by atoms with Crippen LogP contribution in [-0.4, -0.2) is 12.1 Å². The summed E-state index contributed by atoms with van der Waals surface area (Å²) in [4.78, 5) is 7.92. The normalized spacial score (nSPS) is 16.5. The van der Waals surface area contributed by atoms with Gasteiger partial charge in [0.2, 0.25) is 0 Å². The number of rotatable bonds is 0.